The highest BCUT2D eigenvalue weighted by Gasteiger charge is 2.58. The minimum Gasteiger partial charge on any atom is -0.388 e. The van der Waals surface area contributed by atoms with Crippen molar-refractivity contribution >= 4 is 5.78 Å². The SMILES string of the molecule is C[C@H]1OC(O[C@H]2CC[C@@]3(C)C(=CC[C@@H]4[C@@H]3CC[C@]3(C)C(=O)CC[C@@H]43)C2)[C@H](O)[C@@H](O)[C@@H]1O. The van der Waals surface area contributed by atoms with E-state index in [2.05, 4.69) is 19.9 Å². The zero-order chi connectivity index (χ0) is 22.1. The Morgan fingerprint density at radius 1 is 1.00 bits per heavy atom. The second-order valence-electron chi connectivity index (χ2n) is 11.4. The number of fused-ring (bicyclic) bond motifs is 5. The summed E-state index contributed by atoms with van der Waals surface area (Å²) in [6.45, 7) is 6.32. The number of ether oxygens (including phenoxy) is 2. The van der Waals surface area contributed by atoms with Gasteiger partial charge in [0.2, 0.25) is 0 Å². The van der Waals surface area contributed by atoms with E-state index in [1.165, 1.54) is 5.57 Å². The summed E-state index contributed by atoms with van der Waals surface area (Å²) in [5.41, 5.74) is 1.52. The van der Waals surface area contributed by atoms with Crippen LogP contribution in [0.1, 0.15) is 72.1 Å². The molecule has 4 fully saturated rings. The second kappa shape index (κ2) is 7.63. The fraction of sp³-hybridized carbons (Fsp3) is 0.880. The zero-order valence-electron chi connectivity index (χ0n) is 19.0. The molecule has 5 rings (SSSR count). The van der Waals surface area contributed by atoms with E-state index in [1.807, 2.05) is 0 Å². The Morgan fingerprint density at radius 3 is 2.48 bits per heavy atom. The molecule has 0 spiro atoms. The quantitative estimate of drug-likeness (QED) is 0.579. The van der Waals surface area contributed by atoms with Crippen LogP contribution in [0, 0.1) is 28.6 Å². The van der Waals surface area contributed by atoms with Crippen LogP contribution in [0.4, 0.5) is 0 Å². The van der Waals surface area contributed by atoms with E-state index in [0.29, 0.717) is 23.5 Å². The average Bonchev–Trinajstić information content (AvgIpc) is 3.05. The summed E-state index contributed by atoms with van der Waals surface area (Å²) < 4.78 is 11.8. The molecule has 0 radical (unpaired) electrons. The van der Waals surface area contributed by atoms with Crippen molar-refractivity contribution in [3.8, 4) is 0 Å². The number of aliphatic hydroxyl groups excluding tert-OH is 3. The molecule has 0 aromatic heterocycles. The van der Waals surface area contributed by atoms with Crippen molar-refractivity contribution in [3.63, 3.8) is 0 Å². The number of hydrogen-bond donors (Lipinski definition) is 3. The van der Waals surface area contributed by atoms with Gasteiger partial charge in [-0.3, -0.25) is 4.79 Å². The molecule has 174 valence electrons. The van der Waals surface area contributed by atoms with Gasteiger partial charge in [-0.2, -0.15) is 0 Å². The molecule has 5 aliphatic rings. The van der Waals surface area contributed by atoms with E-state index >= 15 is 0 Å². The van der Waals surface area contributed by atoms with Crippen molar-refractivity contribution < 1.29 is 29.6 Å². The largest absolute Gasteiger partial charge is 0.388 e. The van der Waals surface area contributed by atoms with E-state index in [9.17, 15) is 20.1 Å². The Kier molecular flexibility index (Phi) is 5.42. The second-order valence-corrected chi connectivity index (χ2v) is 11.4. The number of Topliss-reactive ketones (excluding diaryl/α,β-unsaturated/α-hetero) is 1. The fourth-order valence-electron chi connectivity index (χ4n) is 7.83. The van der Waals surface area contributed by atoms with Crippen molar-refractivity contribution in [2.24, 2.45) is 28.6 Å². The normalized spacial score (nSPS) is 54.6. The van der Waals surface area contributed by atoms with Crippen LogP contribution >= 0.6 is 0 Å². The predicted molar refractivity (Wildman–Crippen MR) is 114 cm³/mol. The van der Waals surface area contributed by atoms with Gasteiger partial charge in [0, 0.05) is 11.8 Å². The van der Waals surface area contributed by atoms with Crippen molar-refractivity contribution in [3.05, 3.63) is 11.6 Å². The van der Waals surface area contributed by atoms with Crippen molar-refractivity contribution in [1.29, 1.82) is 0 Å². The third-order valence-electron chi connectivity index (χ3n) is 9.90. The van der Waals surface area contributed by atoms with Gasteiger partial charge in [0.1, 0.15) is 24.1 Å². The maximum Gasteiger partial charge on any atom is 0.186 e. The molecule has 1 heterocycles. The van der Waals surface area contributed by atoms with E-state index in [4.69, 9.17) is 9.47 Å². The topological polar surface area (TPSA) is 96.2 Å². The Hall–Kier alpha value is -0.790. The predicted octanol–water partition coefficient (Wildman–Crippen LogP) is 2.73. The molecule has 3 N–H and O–H groups in total. The Balaban J connectivity index is 1.30. The minimum absolute atomic E-state index is 0.0629. The average molecular weight is 435 g/mol. The first kappa shape index (κ1) is 22.0. The minimum atomic E-state index is -1.26. The van der Waals surface area contributed by atoms with Crippen LogP contribution in [0.5, 0.6) is 0 Å². The van der Waals surface area contributed by atoms with Crippen LogP contribution in [0.15, 0.2) is 11.6 Å². The van der Waals surface area contributed by atoms with E-state index in [-0.39, 0.29) is 16.9 Å². The van der Waals surface area contributed by atoms with Crippen molar-refractivity contribution in [2.45, 2.75) is 109 Å². The van der Waals surface area contributed by atoms with Gasteiger partial charge < -0.3 is 24.8 Å². The Bertz CT molecular complexity index is 765. The monoisotopic (exact) mass is 434 g/mol. The summed E-state index contributed by atoms with van der Waals surface area (Å²) in [7, 11) is 0. The van der Waals surface area contributed by atoms with Crippen LogP contribution in [-0.4, -0.2) is 57.9 Å². The lowest BCUT2D eigenvalue weighted by Gasteiger charge is -2.57. The molecule has 6 nitrogen and oxygen atoms in total. The van der Waals surface area contributed by atoms with Gasteiger partial charge in [-0.15, -0.1) is 0 Å². The molecule has 31 heavy (non-hydrogen) atoms. The van der Waals surface area contributed by atoms with Gasteiger partial charge in [-0.1, -0.05) is 25.5 Å². The summed E-state index contributed by atoms with van der Waals surface area (Å²) in [5, 5.41) is 30.3. The number of aliphatic hydroxyl groups is 3. The molecule has 1 saturated heterocycles. The summed E-state index contributed by atoms with van der Waals surface area (Å²) >= 11 is 0. The van der Waals surface area contributed by atoms with Gasteiger partial charge >= 0.3 is 0 Å². The van der Waals surface area contributed by atoms with Gasteiger partial charge in [-0.25, -0.2) is 0 Å². The number of carbonyl (C=O) groups excluding carboxylic acids is 1. The molecule has 3 saturated carbocycles. The standard InChI is InChI=1S/C25H38O6/c1-13-20(27)21(28)22(29)23(30-13)31-15-8-10-24(2)14(12-15)4-5-16-17-6-7-19(26)25(17,3)11-9-18(16)24/h4,13,15-18,20-23,27-29H,5-12H2,1-3H3/t13-,15+,16+,17+,18+,20-,21+,22-,23?,24+,25+/m1/s1. The Labute approximate surface area is 185 Å². The lowest BCUT2D eigenvalue weighted by atomic mass is 9.48. The highest BCUT2D eigenvalue weighted by Crippen LogP contribution is 2.64. The molecule has 11 atom stereocenters. The first-order valence-electron chi connectivity index (χ1n) is 12.2. The summed E-state index contributed by atoms with van der Waals surface area (Å²) in [4.78, 5) is 12.6. The molecule has 1 aliphatic heterocycles. The van der Waals surface area contributed by atoms with E-state index < -0.39 is 30.7 Å². The van der Waals surface area contributed by atoms with E-state index in [0.717, 1.165) is 51.4 Å². The summed E-state index contributed by atoms with van der Waals surface area (Å²) in [6, 6.07) is 0. The summed E-state index contributed by atoms with van der Waals surface area (Å²) in [6.07, 6.45) is 5.01. The van der Waals surface area contributed by atoms with Crippen molar-refractivity contribution in [2.75, 3.05) is 0 Å². The van der Waals surface area contributed by atoms with Gasteiger partial charge in [-0.05, 0) is 75.0 Å². The third-order valence-corrected chi connectivity index (χ3v) is 9.90. The number of carbonyl (C=O) groups is 1. The molecule has 0 bridgehead atoms. The smallest absolute Gasteiger partial charge is 0.186 e. The van der Waals surface area contributed by atoms with Crippen LogP contribution in [0.3, 0.4) is 0 Å². The Morgan fingerprint density at radius 2 is 1.71 bits per heavy atom. The highest BCUT2D eigenvalue weighted by atomic mass is 16.7. The molecule has 0 aromatic rings. The summed E-state index contributed by atoms with van der Waals surface area (Å²) in [5.74, 6) is 2.26. The van der Waals surface area contributed by atoms with Gasteiger partial charge in [0.05, 0.1) is 12.2 Å². The number of rotatable bonds is 2. The lowest BCUT2D eigenvalue weighted by Crippen LogP contribution is -2.58. The number of hydrogen-bond acceptors (Lipinski definition) is 6. The lowest BCUT2D eigenvalue weighted by molar-refractivity contribution is -0.305. The zero-order valence-corrected chi connectivity index (χ0v) is 19.0. The van der Waals surface area contributed by atoms with Crippen LogP contribution in [0.2, 0.25) is 0 Å². The molecular formula is C25H38O6. The maximum absolute atomic E-state index is 12.6. The van der Waals surface area contributed by atoms with E-state index in [1.54, 1.807) is 6.92 Å². The molecule has 0 aromatic carbocycles. The number of allylic oxidation sites excluding steroid dienone is 1. The van der Waals surface area contributed by atoms with Crippen LogP contribution in [0.25, 0.3) is 0 Å². The molecular weight excluding hydrogens is 396 g/mol. The first-order valence-corrected chi connectivity index (χ1v) is 12.2. The molecule has 4 aliphatic carbocycles. The third kappa shape index (κ3) is 3.28. The van der Waals surface area contributed by atoms with Crippen molar-refractivity contribution in [1.82, 2.24) is 0 Å². The van der Waals surface area contributed by atoms with Crippen LogP contribution < -0.4 is 0 Å². The number of ketones is 1. The molecule has 1 unspecified atom stereocenters. The van der Waals surface area contributed by atoms with Gasteiger partial charge in [0.15, 0.2) is 6.29 Å². The molecule has 6 heteroatoms. The fourth-order valence-corrected chi connectivity index (χ4v) is 7.83. The van der Waals surface area contributed by atoms with Gasteiger partial charge in [0.25, 0.3) is 0 Å². The van der Waals surface area contributed by atoms with Crippen LogP contribution in [-0.2, 0) is 14.3 Å². The maximum atomic E-state index is 12.6. The highest BCUT2D eigenvalue weighted by molar-refractivity contribution is 5.87. The molecule has 0 amide bonds. The first-order chi connectivity index (χ1) is 14.6.